The van der Waals surface area contributed by atoms with Crippen LogP contribution in [0.1, 0.15) is 31.7 Å². The Balaban J connectivity index is 2.23. The molecule has 1 fully saturated rings. The first-order valence-electron chi connectivity index (χ1n) is 4.41. The monoisotopic (exact) mass is 182 g/mol. The summed E-state index contributed by atoms with van der Waals surface area (Å²) in [5, 5.41) is 13.8. The van der Waals surface area contributed by atoms with E-state index in [4.69, 9.17) is 0 Å². The molecule has 1 saturated carbocycles. The van der Waals surface area contributed by atoms with Gasteiger partial charge in [0.25, 0.3) is 0 Å². The molecule has 2 unspecified atom stereocenters. The van der Waals surface area contributed by atoms with Gasteiger partial charge in [0.1, 0.15) is 0 Å². The van der Waals surface area contributed by atoms with Crippen molar-refractivity contribution >= 4 is 11.3 Å². The lowest BCUT2D eigenvalue weighted by Gasteiger charge is -2.22. The molecule has 0 saturated heterocycles. The van der Waals surface area contributed by atoms with Gasteiger partial charge < -0.3 is 5.11 Å². The maximum atomic E-state index is 9.47. The molecule has 66 valence electrons. The Morgan fingerprint density at radius 1 is 1.67 bits per heavy atom. The molecule has 2 heteroatoms. The van der Waals surface area contributed by atoms with Crippen LogP contribution in [0, 0.1) is 0 Å². The molecule has 1 aliphatic carbocycles. The average molecular weight is 182 g/mol. The van der Waals surface area contributed by atoms with Gasteiger partial charge >= 0.3 is 0 Å². The molecule has 12 heavy (non-hydrogen) atoms. The minimum absolute atomic E-state index is 0.0742. The van der Waals surface area contributed by atoms with Crippen molar-refractivity contribution in [2.24, 2.45) is 0 Å². The number of hydrogen-bond acceptors (Lipinski definition) is 2. The van der Waals surface area contributed by atoms with Crippen LogP contribution in [0.3, 0.4) is 0 Å². The zero-order chi connectivity index (χ0) is 8.60. The molecule has 0 spiro atoms. The zero-order valence-corrected chi connectivity index (χ0v) is 8.10. The van der Waals surface area contributed by atoms with E-state index in [0.717, 1.165) is 19.3 Å². The molecule has 0 radical (unpaired) electrons. The minimum Gasteiger partial charge on any atom is -0.393 e. The first kappa shape index (κ1) is 8.27. The van der Waals surface area contributed by atoms with E-state index >= 15 is 0 Å². The van der Waals surface area contributed by atoms with Crippen LogP contribution in [0.5, 0.6) is 0 Å². The van der Waals surface area contributed by atoms with Crippen molar-refractivity contribution < 1.29 is 5.11 Å². The predicted molar refractivity (Wildman–Crippen MR) is 51.5 cm³/mol. The Kier molecular flexibility index (Phi) is 1.97. The van der Waals surface area contributed by atoms with Gasteiger partial charge in [-0.3, -0.25) is 0 Å². The summed E-state index contributed by atoms with van der Waals surface area (Å²) in [6.45, 7) is 2.26. The van der Waals surface area contributed by atoms with Crippen LogP contribution in [0.15, 0.2) is 16.8 Å². The molecule has 0 aromatic carbocycles. The standard InChI is InChI=1S/C10H14OS/c1-10(4-2-9(11)6-10)8-3-5-12-7-8/h3,5,7,9,11H,2,4,6H2,1H3. The van der Waals surface area contributed by atoms with Crippen molar-refractivity contribution in [1.82, 2.24) is 0 Å². The molecule has 0 amide bonds. The van der Waals surface area contributed by atoms with Gasteiger partial charge in [0.05, 0.1) is 6.10 Å². The Morgan fingerprint density at radius 3 is 3.00 bits per heavy atom. The fraction of sp³-hybridized carbons (Fsp3) is 0.600. The van der Waals surface area contributed by atoms with E-state index in [2.05, 4.69) is 23.8 Å². The smallest absolute Gasteiger partial charge is 0.0549 e. The summed E-state index contributed by atoms with van der Waals surface area (Å²) in [7, 11) is 0. The Labute approximate surface area is 77.0 Å². The molecule has 1 aliphatic rings. The quantitative estimate of drug-likeness (QED) is 0.707. The van der Waals surface area contributed by atoms with Gasteiger partial charge in [-0.2, -0.15) is 11.3 Å². The van der Waals surface area contributed by atoms with E-state index in [0.29, 0.717) is 0 Å². The van der Waals surface area contributed by atoms with Gasteiger partial charge in [-0.15, -0.1) is 0 Å². The van der Waals surface area contributed by atoms with Crippen LogP contribution >= 0.6 is 11.3 Å². The first-order chi connectivity index (χ1) is 5.71. The molecule has 1 aromatic rings. The van der Waals surface area contributed by atoms with E-state index < -0.39 is 0 Å². The fourth-order valence-corrected chi connectivity index (χ4v) is 2.89. The molecule has 1 nitrogen and oxygen atoms in total. The molecule has 0 aliphatic heterocycles. The number of thiophene rings is 1. The zero-order valence-electron chi connectivity index (χ0n) is 7.29. The van der Waals surface area contributed by atoms with Crippen molar-refractivity contribution in [3.05, 3.63) is 22.4 Å². The summed E-state index contributed by atoms with van der Waals surface area (Å²) in [5.74, 6) is 0. The third-order valence-electron chi connectivity index (χ3n) is 2.93. The van der Waals surface area contributed by atoms with Crippen molar-refractivity contribution in [3.8, 4) is 0 Å². The van der Waals surface area contributed by atoms with Gasteiger partial charge in [-0.25, -0.2) is 0 Å². The lowest BCUT2D eigenvalue weighted by Crippen LogP contribution is -2.17. The highest BCUT2D eigenvalue weighted by molar-refractivity contribution is 7.08. The van der Waals surface area contributed by atoms with Crippen LogP contribution in [-0.4, -0.2) is 11.2 Å². The molecular formula is C10H14OS. The first-order valence-corrected chi connectivity index (χ1v) is 5.36. The highest BCUT2D eigenvalue weighted by atomic mass is 32.1. The lowest BCUT2D eigenvalue weighted by atomic mass is 9.83. The van der Waals surface area contributed by atoms with Crippen LogP contribution in [0.2, 0.25) is 0 Å². The van der Waals surface area contributed by atoms with Crippen molar-refractivity contribution in [2.45, 2.75) is 37.7 Å². The van der Waals surface area contributed by atoms with Gasteiger partial charge in [-0.1, -0.05) is 6.92 Å². The average Bonchev–Trinajstić information content (AvgIpc) is 2.59. The molecule has 1 aromatic heterocycles. The summed E-state index contributed by atoms with van der Waals surface area (Å²) in [6.07, 6.45) is 2.95. The third kappa shape index (κ3) is 1.29. The largest absolute Gasteiger partial charge is 0.393 e. The number of aliphatic hydroxyl groups excluding tert-OH is 1. The Bertz CT molecular complexity index is 255. The van der Waals surface area contributed by atoms with Gasteiger partial charge in [0, 0.05) is 0 Å². The molecule has 0 bridgehead atoms. The van der Waals surface area contributed by atoms with Crippen molar-refractivity contribution in [1.29, 1.82) is 0 Å². The molecule has 2 atom stereocenters. The Morgan fingerprint density at radius 2 is 2.50 bits per heavy atom. The normalized spacial score (nSPS) is 35.7. The summed E-state index contributed by atoms with van der Waals surface area (Å²) < 4.78 is 0. The number of rotatable bonds is 1. The maximum Gasteiger partial charge on any atom is 0.0549 e. The summed E-state index contributed by atoms with van der Waals surface area (Å²) >= 11 is 1.74. The van der Waals surface area contributed by atoms with Crippen molar-refractivity contribution in [3.63, 3.8) is 0 Å². The molecule has 1 heterocycles. The third-order valence-corrected chi connectivity index (χ3v) is 3.62. The predicted octanol–water partition coefficient (Wildman–Crippen LogP) is 2.55. The highest BCUT2D eigenvalue weighted by Crippen LogP contribution is 2.41. The molecule has 2 rings (SSSR count). The van der Waals surface area contributed by atoms with Crippen molar-refractivity contribution in [2.75, 3.05) is 0 Å². The second kappa shape index (κ2) is 2.86. The van der Waals surface area contributed by atoms with Crippen LogP contribution in [0.4, 0.5) is 0 Å². The van der Waals surface area contributed by atoms with Gasteiger partial charge in [-0.05, 0) is 47.1 Å². The van der Waals surface area contributed by atoms with Gasteiger partial charge in [0.15, 0.2) is 0 Å². The van der Waals surface area contributed by atoms with Crippen LogP contribution in [-0.2, 0) is 5.41 Å². The molecule has 1 N–H and O–H groups in total. The number of hydrogen-bond donors (Lipinski definition) is 1. The molecular weight excluding hydrogens is 168 g/mol. The minimum atomic E-state index is -0.0742. The second-order valence-corrected chi connectivity index (χ2v) is 4.75. The van der Waals surface area contributed by atoms with Crippen LogP contribution in [0.25, 0.3) is 0 Å². The number of aliphatic hydroxyl groups is 1. The summed E-state index contributed by atoms with van der Waals surface area (Å²) in [5.41, 5.74) is 1.66. The Hall–Kier alpha value is -0.340. The van der Waals surface area contributed by atoms with E-state index in [1.54, 1.807) is 11.3 Å². The van der Waals surface area contributed by atoms with Gasteiger partial charge in [0.2, 0.25) is 0 Å². The SMILES string of the molecule is CC1(c2ccsc2)CCC(O)C1. The topological polar surface area (TPSA) is 20.2 Å². The van der Waals surface area contributed by atoms with E-state index in [-0.39, 0.29) is 11.5 Å². The highest BCUT2D eigenvalue weighted by Gasteiger charge is 2.35. The van der Waals surface area contributed by atoms with E-state index in [9.17, 15) is 5.11 Å². The van der Waals surface area contributed by atoms with E-state index in [1.807, 2.05) is 0 Å². The fourth-order valence-electron chi connectivity index (χ4n) is 2.08. The van der Waals surface area contributed by atoms with Crippen LogP contribution < -0.4 is 0 Å². The second-order valence-electron chi connectivity index (χ2n) is 3.97. The maximum absolute atomic E-state index is 9.47. The van der Waals surface area contributed by atoms with E-state index in [1.165, 1.54) is 5.56 Å². The summed E-state index contributed by atoms with van der Waals surface area (Å²) in [4.78, 5) is 0. The summed E-state index contributed by atoms with van der Waals surface area (Å²) in [6, 6.07) is 2.18. The lowest BCUT2D eigenvalue weighted by molar-refractivity contribution is 0.175.